The number of aromatic nitrogens is 1. The van der Waals surface area contributed by atoms with Crippen LogP contribution in [-0.2, 0) is 9.47 Å². The number of nitrogens with one attached hydrogen (secondary N) is 2. The lowest BCUT2D eigenvalue weighted by Crippen LogP contribution is -2.39. The van der Waals surface area contributed by atoms with Gasteiger partial charge in [0, 0.05) is 11.1 Å². The number of hydrogen-bond acceptors (Lipinski definition) is 7. The number of esters is 2. The summed E-state index contributed by atoms with van der Waals surface area (Å²) in [5.41, 5.74) is 0.513. The van der Waals surface area contributed by atoms with Crippen molar-refractivity contribution < 1.29 is 28.7 Å². The molecule has 1 aliphatic heterocycles. The molecule has 9 heteroatoms. The fraction of sp³-hybridized carbons (Fsp3) is 0.348. The van der Waals surface area contributed by atoms with Gasteiger partial charge in [-0.1, -0.05) is 26.0 Å². The Hall–Kier alpha value is -3.75. The first-order chi connectivity index (χ1) is 15.4. The van der Waals surface area contributed by atoms with E-state index in [9.17, 15) is 19.2 Å². The predicted molar refractivity (Wildman–Crippen MR) is 114 cm³/mol. The van der Waals surface area contributed by atoms with Crippen LogP contribution in [0.2, 0.25) is 0 Å². The number of cyclic esters (lactones) is 2. The molecule has 168 valence electrons. The second-order valence-electron chi connectivity index (χ2n) is 7.34. The smallest absolute Gasteiger partial charge is 0.357 e. The zero-order chi connectivity index (χ0) is 23.1. The van der Waals surface area contributed by atoms with Gasteiger partial charge in [-0.05, 0) is 43.2 Å². The van der Waals surface area contributed by atoms with Crippen molar-refractivity contribution in [2.24, 2.45) is 0 Å². The Balaban J connectivity index is 1.90. The van der Waals surface area contributed by atoms with Gasteiger partial charge in [-0.25, -0.2) is 14.6 Å². The van der Waals surface area contributed by atoms with E-state index in [0.29, 0.717) is 24.0 Å². The molecule has 2 aromatic rings. The van der Waals surface area contributed by atoms with E-state index in [0.717, 1.165) is 0 Å². The van der Waals surface area contributed by atoms with Gasteiger partial charge >= 0.3 is 11.9 Å². The quantitative estimate of drug-likeness (QED) is 0.687. The number of pyridine rings is 1. The van der Waals surface area contributed by atoms with Crippen LogP contribution in [0.15, 0.2) is 42.5 Å². The Morgan fingerprint density at radius 3 is 1.66 bits per heavy atom. The summed E-state index contributed by atoms with van der Waals surface area (Å²) >= 11 is 0. The third-order valence-electron chi connectivity index (χ3n) is 5.04. The Kier molecular flexibility index (Phi) is 7.54. The number of benzene rings is 1. The minimum atomic E-state index is -0.714. The van der Waals surface area contributed by atoms with E-state index < -0.39 is 24.0 Å². The summed E-state index contributed by atoms with van der Waals surface area (Å²) in [6, 6.07) is 9.76. The number of amides is 2. The summed E-state index contributed by atoms with van der Waals surface area (Å²) in [6.07, 6.45) is 1.02. The number of carbonyl (C=O) groups excluding carboxylic acids is 4. The number of rotatable bonds is 2. The van der Waals surface area contributed by atoms with E-state index in [-0.39, 0.29) is 36.4 Å². The summed E-state index contributed by atoms with van der Waals surface area (Å²) in [5, 5.41) is 5.61. The van der Waals surface area contributed by atoms with E-state index >= 15 is 0 Å². The maximum absolute atomic E-state index is 12.7. The van der Waals surface area contributed by atoms with Crippen LogP contribution < -0.4 is 10.6 Å². The van der Waals surface area contributed by atoms with Gasteiger partial charge in [-0.3, -0.25) is 9.59 Å². The maximum Gasteiger partial charge on any atom is 0.357 e. The molecule has 3 rings (SSSR count). The first-order valence-electron chi connectivity index (χ1n) is 10.4. The molecule has 0 aliphatic carbocycles. The number of carbonyl (C=O) groups is 4. The van der Waals surface area contributed by atoms with Crippen molar-refractivity contribution in [2.45, 2.75) is 38.8 Å². The van der Waals surface area contributed by atoms with Crippen molar-refractivity contribution in [2.75, 3.05) is 13.2 Å². The number of nitrogens with zero attached hydrogens (tertiary/aromatic N) is 1. The molecular formula is C23H25N3O6. The molecule has 1 aromatic heterocycles. The lowest BCUT2D eigenvalue weighted by atomic mass is 10.1. The second kappa shape index (κ2) is 10.5. The van der Waals surface area contributed by atoms with Gasteiger partial charge in [-0.2, -0.15) is 0 Å². The molecule has 0 spiro atoms. The van der Waals surface area contributed by atoms with Crippen molar-refractivity contribution in [3.63, 3.8) is 0 Å². The van der Waals surface area contributed by atoms with E-state index in [1.54, 1.807) is 18.2 Å². The Labute approximate surface area is 185 Å². The third kappa shape index (κ3) is 5.69. The molecule has 9 nitrogen and oxygen atoms in total. The molecule has 2 unspecified atom stereocenters. The second-order valence-corrected chi connectivity index (χ2v) is 7.34. The molecule has 32 heavy (non-hydrogen) atoms. The fourth-order valence-corrected chi connectivity index (χ4v) is 3.02. The summed E-state index contributed by atoms with van der Waals surface area (Å²) in [5.74, 6) is -2.20. The van der Waals surface area contributed by atoms with Crippen LogP contribution in [-0.4, -0.2) is 54.0 Å². The summed E-state index contributed by atoms with van der Waals surface area (Å²) in [7, 11) is 0. The van der Waals surface area contributed by atoms with Gasteiger partial charge in [-0.15, -0.1) is 0 Å². The highest BCUT2D eigenvalue weighted by molar-refractivity contribution is 6.00. The molecule has 2 amide bonds. The molecule has 4 bridgehead atoms. The zero-order valence-corrected chi connectivity index (χ0v) is 17.9. The van der Waals surface area contributed by atoms with Crippen molar-refractivity contribution in [3.05, 3.63) is 65.0 Å². The van der Waals surface area contributed by atoms with Gasteiger partial charge in [0.25, 0.3) is 11.8 Å². The average molecular weight is 439 g/mol. The zero-order valence-electron chi connectivity index (χ0n) is 17.9. The van der Waals surface area contributed by atoms with Crippen LogP contribution in [0.1, 0.15) is 68.4 Å². The topological polar surface area (TPSA) is 124 Å². The number of hydrogen-bond donors (Lipinski definition) is 2. The van der Waals surface area contributed by atoms with Crippen LogP contribution in [0.4, 0.5) is 0 Å². The molecule has 0 fully saturated rings. The van der Waals surface area contributed by atoms with Crippen molar-refractivity contribution >= 4 is 23.8 Å². The van der Waals surface area contributed by atoms with Crippen molar-refractivity contribution in [1.29, 1.82) is 0 Å². The Bertz CT molecular complexity index is 950. The molecular weight excluding hydrogens is 414 g/mol. The van der Waals surface area contributed by atoms with Crippen molar-refractivity contribution in [3.8, 4) is 0 Å². The number of fused-ring (bicyclic) bond motifs is 4. The molecule has 0 radical (unpaired) electrons. The molecule has 0 saturated carbocycles. The monoisotopic (exact) mass is 439 g/mol. The molecule has 1 aromatic carbocycles. The van der Waals surface area contributed by atoms with Gasteiger partial charge < -0.3 is 20.1 Å². The van der Waals surface area contributed by atoms with Gasteiger partial charge in [0.15, 0.2) is 0 Å². The first kappa shape index (κ1) is 22.9. The van der Waals surface area contributed by atoms with Gasteiger partial charge in [0.1, 0.15) is 24.6 Å². The highest BCUT2D eigenvalue weighted by Gasteiger charge is 2.21. The highest BCUT2D eigenvalue weighted by Crippen LogP contribution is 2.10. The van der Waals surface area contributed by atoms with Crippen LogP contribution in [0.25, 0.3) is 0 Å². The largest absolute Gasteiger partial charge is 0.459 e. The minimum Gasteiger partial charge on any atom is -0.459 e. The van der Waals surface area contributed by atoms with E-state index in [1.165, 1.54) is 24.3 Å². The first-order valence-corrected chi connectivity index (χ1v) is 10.4. The third-order valence-corrected chi connectivity index (χ3v) is 5.04. The normalized spacial score (nSPS) is 20.2. The molecule has 2 heterocycles. The average Bonchev–Trinajstić information content (AvgIpc) is 2.83. The van der Waals surface area contributed by atoms with Crippen LogP contribution in [0.5, 0.6) is 0 Å². The SMILES string of the molecule is CCC1COC(=O)c2cccc(n2)C(=O)OCC(CC)NC(=O)c2cccc(c2)C(=O)N1. The van der Waals surface area contributed by atoms with Crippen LogP contribution in [0.3, 0.4) is 0 Å². The van der Waals surface area contributed by atoms with Crippen LogP contribution >= 0.6 is 0 Å². The highest BCUT2D eigenvalue weighted by atomic mass is 16.5. The molecule has 2 N–H and O–H groups in total. The molecule has 1 aliphatic rings. The Morgan fingerprint density at radius 2 is 1.22 bits per heavy atom. The summed E-state index contributed by atoms with van der Waals surface area (Å²) < 4.78 is 10.6. The van der Waals surface area contributed by atoms with E-state index in [4.69, 9.17) is 9.47 Å². The summed E-state index contributed by atoms with van der Waals surface area (Å²) in [4.78, 5) is 54.2. The van der Waals surface area contributed by atoms with E-state index in [1.807, 2.05) is 13.8 Å². The summed E-state index contributed by atoms with van der Waals surface area (Å²) in [6.45, 7) is 3.54. The lowest BCUT2D eigenvalue weighted by Gasteiger charge is -2.19. The standard InChI is InChI=1S/C23H25N3O6/c1-3-16-12-31-22(29)18-9-6-10-19(26-18)23(30)32-13-17(4-2)25-21(28)15-8-5-7-14(11-15)20(27)24-16/h5-11,16-17H,3-4,12-13H2,1-2H3,(H,24,27)(H,25,28). The maximum atomic E-state index is 12.7. The van der Waals surface area contributed by atoms with E-state index in [2.05, 4.69) is 15.6 Å². The van der Waals surface area contributed by atoms with Crippen LogP contribution in [0, 0.1) is 0 Å². The number of ether oxygens (including phenoxy) is 2. The van der Waals surface area contributed by atoms with Gasteiger partial charge in [0.05, 0.1) is 12.1 Å². The Morgan fingerprint density at radius 1 is 0.781 bits per heavy atom. The lowest BCUT2D eigenvalue weighted by molar-refractivity contribution is 0.0436. The minimum absolute atomic E-state index is 0.0465. The molecule has 2 atom stereocenters. The predicted octanol–water partition coefficient (Wildman–Crippen LogP) is 2.13. The fourth-order valence-electron chi connectivity index (χ4n) is 3.02. The van der Waals surface area contributed by atoms with Crippen molar-refractivity contribution in [1.82, 2.24) is 15.6 Å². The molecule has 0 saturated heterocycles. The van der Waals surface area contributed by atoms with Gasteiger partial charge in [0.2, 0.25) is 0 Å².